The van der Waals surface area contributed by atoms with E-state index in [0.717, 1.165) is 18.7 Å². The van der Waals surface area contributed by atoms with Crippen molar-refractivity contribution >= 4 is 18.4 Å². The zero-order valence-electron chi connectivity index (χ0n) is 5.38. The van der Waals surface area contributed by atoms with E-state index in [4.69, 9.17) is 0 Å². The van der Waals surface area contributed by atoms with Crippen molar-refractivity contribution in [3.05, 3.63) is 0 Å². The summed E-state index contributed by atoms with van der Waals surface area (Å²) in [6.45, 7) is 0.939. The molecule has 0 aromatic rings. The van der Waals surface area contributed by atoms with Crippen molar-refractivity contribution in [2.24, 2.45) is 0 Å². The minimum absolute atomic E-state index is 0.927. The fourth-order valence-corrected chi connectivity index (χ4v) is 1.76. The maximum atomic E-state index is 10.2. The van der Waals surface area contributed by atoms with Crippen LogP contribution < -0.4 is 0 Å². The second kappa shape index (κ2) is 3.77. The van der Waals surface area contributed by atoms with Gasteiger partial charge in [-0.2, -0.15) is 0 Å². The zero-order valence-corrected chi connectivity index (χ0v) is 6.19. The van der Waals surface area contributed by atoms with Gasteiger partial charge in [-0.15, -0.1) is 0 Å². The Morgan fingerprint density at radius 3 is 3.00 bits per heavy atom. The van der Waals surface area contributed by atoms with Crippen molar-refractivity contribution in [2.75, 3.05) is 12.3 Å². The normalized spacial score (nSPS) is 21.1. The number of hydrogen-bond donors (Lipinski definition) is 0. The van der Waals surface area contributed by atoms with E-state index < -0.39 is 0 Å². The van der Waals surface area contributed by atoms with Gasteiger partial charge in [-0.25, -0.2) is 0 Å². The SMILES string of the molecule is O=CN1CCCCCS1. The molecular formula is C6H11NOS. The van der Waals surface area contributed by atoms with Crippen LogP contribution in [0.2, 0.25) is 0 Å². The number of rotatable bonds is 1. The van der Waals surface area contributed by atoms with Gasteiger partial charge >= 0.3 is 0 Å². The molecule has 0 radical (unpaired) electrons. The van der Waals surface area contributed by atoms with Crippen LogP contribution in [0.1, 0.15) is 19.3 Å². The van der Waals surface area contributed by atoms with Crippen LogP contribution in [0.15, 0.2) is 0 Å². The summed E-state index contributed by atoms with van der Waals surface area (Å²) in [6.07, 6.45) is 4.63. The maximum Gasteiger partial charge on any atom is 0.219 e. The van der Waals surface area contributed by atoms with Gasteiger partial charge in [0.25, 0.3) is 0 Å². The first kappa shape index (κ1) is 6.93. The lowest BCUT2D eigenvalue weighted by atomic mass is 10.2. The van der Waals surface area contributed by atoms with E-state index in [0.29, 0.717) is 0 Å². The Kier molecular flexibility index (Phi) is 2.91. The molecule has 0 bridgehead atoms. The van der Waals surface area contributed by atoms with E-state index in [2.05, 4.69) is 0 Å². The summed E-state index contributed by atoms with van der Waals surface area (Å²) >= 11 is 1.65. The molecule has 0 N–H and O–H groups in total. The molecule has 2 nitrogen and oxygen atoms in total. The molecule has 0 aromatic heterocycles. The van der Waals surface area contributed by atoms with Crippen LogP contribution >= 0.6 is 11.9 Å². The summed E-state index contributed by atoms with van der Waals surface area (Å²) in [5.74, 6) is 1.11. The fourth-order valence-electron chi connectivity index (χ4n) is 0.876. The topological polar surface area (TPSA) is 20.3 Å². The Hall–Kier alpha value is -0.180. The van der Waals surface area contributed by atoms with E-state index in [1.807, 2.05) is 0 Å². The second-order valence-corrected chi connectivity index (χ2v) is 3.28. The molecule has 52 valence electrons. The van der Waals surface area contributed by atoms with E-state index in [1.54, 1.807) is 16.3 Å². The van der Waals surface area contributed by atoms with E-state index in [1.165, 1.54) is 19.3 Å². The molecule has 1 aliphatic rings. The van der Waals surface area contributed by atoms with E-state index >= 15 is 0 Å². The summed E-state index contributed by atoms with van der Waals surface area (Å²) in [4.78, 5) is 10.2. The highest BCUT2D eigenvalue weighted by atomic mass is 32.2. The molecule has 0 unspecified atom stereocenters. The van der Waals surface area contributed by atoms with Gasteiger partial charge in [0.1, 0.15) is 0 Å². The van der Waals surface area contributed by atoms with Gasteiger partial charge < -0.3 is 0 Å². The standard InChI is InChI=1S/C6H11NOS/c8-6-7-4-2-1-3-5-9-7/h6H,1-5H2. The molecule has 9 heavy (non-hydrogen) atoms. The number of carbonyl (C=O) groups is 1. The lowest BCUT2D eigenvalue weighted by Gasteiger charge is -2.10. The van der Waals surface area contributed by atoms with Crippen LogP contribution in [0.3, 0.4) is 0 Å². The number of hydrogen-bond acceptors (Lipinski definition) is 2. The number of nitrogens with zero attached hydrogens (tertiary/aromatic N) is 1. The smallest absolute Gasteiger partial charge is 0.219 e. The average molecular weight is 145 g/mol. The van der Waals surface area contributed by atoms with Crippen LogP contribution in [-0.2, 0) is 4.79 Å². The van der Waals surface area contributed by atoms with Crippen LogP contribution in [0, 0.1) is 0 Å². The summed E-state index contributed by atoms with van der Waals surface area (Å²) in [7, 11) is 0. The molecule has 0 spiro atoms. The summed E-state index contributed by atoms with van der Waals surface area (Å²) in [5, 5.41) is 0. The Balaban J connectivity index is 2.26. The summed E-state index contributed by atoms with van der Waals surface area (Å²) in [5.41, 5.74) is 0. The minimum Gasteiger partial charge on any atom is -0.289 e. The monoisotopic (exact) mass is 145 g/mol. The summed E-state index contributed by atoms with van der Waals surface area (Å²) < 4.78 is 1.78. The number of carbonyl (C=O) groups excluding carboxylic acids is 1. The fraction of sp³-hybridized carbons (Fsp3) is 0.833. The van der Waals surface area contributed by atoms with Crippen molar-refractivity contribution in [1.82, 2.24) is 4.31 Å². The Morgan fingerprint density at radius 1 is 1.33 bits per heavy atom. The van der Waals surface area contributed by atoms with Gasteiger partial charge in [0.05, 0.1) is 0 Å². The average Bonchev–Trinajstić information content (AvgIpc) is 2.13. The van der Waals surface area contributed by atoms with E-state index in [-0.39, 0.29) is 0 Å². The van der Waals surface area contributed by atoms with Gasteiger partial charge in [0.15, 0.2) is 0 Å². The zero-order chi connectivity index (χ0) is 6.53. The van der Waals surface area contributed by atoms with Crippen LogP contribution in [0.5, 0.6) is 0 Å². The molecular weight excluding hydrogens is 134 g/mol. The first-order chi connectivity index (χ1) is 4.43. The Morgan fingerprint density at radius 2 is 2.22 bits per heavy atom. The van der Waals surface area contributed by atoms with Gasteiger partial charge in [-0.05, 0) is 24.8 Å². The predicted molar refractivity (Wildman–Crippen MR) is 39.1 cm³/mol. The molecule has 1 heterocycles. The van der Waals surface area contributed by atoms with Crippen molar-refractivity contribution < 1.29 is 4.79 Å². The van der Waals surface area contributed by atoms with Crippen LogP contribution in [0.4, 0.5) is 0 Å². The molecule has 0 aliphatic carbocycles. The minimum atomic E-state index is 0.927. The third kappa shape index (κ3) is 2.26. The molecule has 0 aromatic carbocycles. The van der Waals surface area contributed by atoms with Crippen LogP contribution in [-0.4, -0.2) is 23.0 Å². The van der Waals surface area contributed by atoms with Crippen LogP contribution in [0.25, 0.3) is 0 Å². The molecule has 1 rings (SSSR count). The van der Waals surface area contributed by atoms with Crippen molar-refractivity contribution in [2.45, 2.75) is 19.3 Å². The van der Waals surface area contributed by atoms with Gasteiger partial charge in [0.2, 0.25) is 6.41 Å². The van der Waals surface area contributed by atoms with Crippen molar-refractivity contribution in [3.63, 3.8) is 0 Å². The quantitative estimate of drug-likeness (QED) is 0.409. The Bertz CT molecular complexity index is 89.1. The highest BCUT2D eigenvalue weighted by Crippen LogP contribution is 2.16. The number of amides is 1. The maximum absolute atomic E-state index is 10.2. The highest BCUT2D eigenvalue weighted by Gasteiger charge is 2.05. The molecule has 1 saturated heterocycles. The second-order valence-electron chi connectivity index (χ2n) is 2.14. The third-order valence-corrected chi connectivity index (χ3v) is 2.47. The van der Waals surface area contributed by atoms with Crippen molar-refractivity contribution in [1.29, 1.82) is 0 Å². The van der Waals surface area contributed by atoms with Gasteiger partial charge in [-0.3, -0.25) is 9.10 Å². The first-order valence-corrected chi connectivity index (χ1v) is 4.22. The predicted octanol–water partition coefficient (Wildman–Crippen LogP) is 1.28. The lowest BCUT2D eigenvalue weighted by Crippen LogP contribution is -2.12. The van der Waals surface area contributed by atoms with Crippen molar-refractivity contribution in [3.8, 4) is 0 Å². The van der Waals surface area contributed by atoms with Gasteiger partial charge in [-0.1, -0.05) is 6.42 Å². The molecule has 1 aliphatic heterocycles. The van der Waals surface area contributed by atoms with E-state index in [9.17, 15) is 4.79 Å². The molecule has 0 saturated carbocycles. The molecule has 3 heteroatoms. The highest BCUT2D eigenvalue weighted by molar-refractivity contribution is 7.97. The Labute approximate surface area is 59.7 Å². The third-order valence-electron chi connectivity index (χ3n) is 1.40. The largest absolute Gasteiger partial charge is 0.289 e. The van der Waals surface area contributed by atoms with Gasteiger partial charge in [0, 0.05) is 12.3 Å². The molecule has 1 fully saturated rings. The molecule has 0 atom stereocenters. The summed E-state index contributed by atoms with van der Waals surface area (Å²) in [6, 6.07) is 0. The lowest BCUT2D eigenvalue weighted by molar-refractivity contribution is -0.113. The molecule has 1 amide bonds. The first-order valence-electron chi connectivity index (χ1n) is 3.28.